The Hall–Kier alpha value is -1.18. The van der Waals surface area contributed by atoms with Gasteiger partial charge in [0.05, 0.1) is 7.11 Å². The Balaban J connectivity index is 0.00000288. The van der Waals surface area contributed by atoms with Crippen molar-refractivity contribution < 1.29 is 4.74 Å². The standard InChI is InChI=1S/C18H30N4O.HI/c1-4-10-20-18(19-5-2)21-13-15-9-11-22(14-15)16-7-6-8-17(12-16)23-3;/h6-8,12,15H,4-5,9-11,13-14H2,1-3H3,(H2,19,20,21);1H. The van der Waals surface area contributed by atoms with Crippen LogP contribution in [0.1, 0.15) is 26.7 Å². The van der Waals surface area contributed by atoms with Crippen molar-refractivity contribution in [3.63, 3.8) is 0 Å². The Labute approximate surface area is 163 Å². The monoisotopic (exact) mass is 446 g/mol. The molecule has 0 spiro atoms. The lowest BCUT2D eigenvalue weighted by molar-refractivity contribution is 0.415. The molecule has 0 bridgehead atoms. The maximum atomic E-state index is 5.32. The van der Waals surface area contributed by atoms with Gasteiger partial charge in [-0.2, -0.15) is 0 Å². The molecule has 0 aliphatic carbocycles. The van der Waals surface area contributed by atoms with Crippen molar-refractivity contribution in [1.82, 2.24) is 10.6 Å². The van der Waals surface area contributed by atoms with Gasteiger partial charge < -0.3 is 20.3 Å². The van der Waals surface area contributed by atoms with Gasteiger partial charge in [0.25, 0.3) is 0 Å². The molecule has 24 heavy (non-hydrogen) atoms. The van der Waals surface area contributed by atoms with Gasteiger partial charge >= 0.3 is 0 Å². The minimum absolute atomic E-state index is 0. The zero-order valence-corrected chi connectivity index (χ0v) is 17.4. The summed E-state index contributed by atoms with van der Waals surface area (Å²) in [4.78, 5) is 7.16. The predicted octanol–water partition coefficient (Wildman–Crippen LogP) is 3.10. The van der Waals surface area contributed by atoms with Gasteiger partial charge in [-0.15, -0.1) is 24.0 Å². The Kier molecular flexibility index (Phi) is 9.90. The van der Waals surface area contributed by atoms with Crippen LogP contribution in [0.25, 0.3) is 0 Å². The number of rotatable bonds is 7. The molecule has 0 aromatic heterocycles. The Morgan fingerprint density at radius 3 is 2.88 bits per heavy atom. The largest absolute Gasteiger partial charge is 0.497 e. The average Bonchev–Trinajstić information content (AvgIpc) is 3.06. The van der Waals surface area contributed by atoms with E-state index in [1.165, 1.54) is 12.1 Å². The number of guanidine groups is 1. The zero-order valence-electron chi connectivity index (χ0n) is 15.0. The van der Waals surface area contributed by atoms with E-state index in [0.29, 0.717) is 5.92 Å². The van der Waals surface area contributed by atoms with E-state index >= 15 is 0 Å². The van der Waals surface area contributed by atoms with Crippen LogP contribution >= 0.6 is 24.0 Å². The maximum absolute atomic E-state index is 5.32. The van der Waals surface area contributed by atoms with Crippen molar-refractivity contribution in [2.24, 2.45) is 10.9 Å². The summed E-state index contributed by atoms with van der Waals surface area (Å²) >= 11 is 0. The molecule has 0 saturated carbocycles. The third-order valence-electron chi connectivity index (χ3n) is 4.10. The normalized spacial score (nSPS) is 17.4. The van der Waals surface area contributed by atoms with E-state index in [2.05, 4.69) is 47.6 Å². The molecule has 0 amide bonds. The van der Waals surface area contributed by atoms with Gasteiger partial charge in [-0.25, -0.2) is 0 Å². The van der Waals surface area contributed by atoms with Crippen LogP contribution in [0.3, 0.4) is 0 Å². The average molecular weight is 446 g/mol. The minimum atomic E-state index is 0. The number of anilines is 1. The topological polar surface area (TPSA) is 48.9 Å². The van der Waals surface area contributed by atoms with Crippen LogP contribution in [0, 0.1) is 5.92 Å². The van der Waals surface area contributed by atoms with Crippen LogP contribution in [-0.4, -0.2) is 45.8 Å². The quantitative estimate of drug-likeness (QED) is 0.384. The molecule has 1 atom stereocenters. The molecule has 136 valence electrons. The second-order valence-corrected chi connectivity index (χ2v) is 5.95. The summed E-state index contributed by atoms with van der Waals surface area (Å²) < 4.78 is 5.32. The van der Waals surface area contributed by atoms with Crippen LogP contribution in [0.2, 0.25) is 0 Å². The molecule has 1 aromatic rings. The van der Waals surface area contributed by atoms with E-state index in [1.807, 2.05) is 6.07 Å². The molecular weight excluding hydrogens is 415 g/mol. The number of methoxy groups -OCH3 is 1. The molecule has 2 N–H and O–H groups in total. The summed E-state index contributed by atoms with van der Waals surface area (Å²) in [5.74, 6) is 2.47. The van der Waals surface area contributed by atoms with Crippen molar-refractivity contribution in [2.45, 2.75) is 26.7 Å². The van der Waals surface area contributed by atoms with E-state index in [-0.39, 0.29) is 24.0 Å². The summed E-state index contributed by atoms with van der Waals surface area (Å²) in [6.45, 7) is 9.15. The second-order valence-electron chi connectivity index (χ2n) is 5.95. The Morgan fingerprint density at radius 1 is 1.33 bits per heavy atom. The van der Waals surface area contributed by atoms with Gasteiger partial charge in [0.2, 0.25) is 0 Å². The first kappa shape index (κ1) is 20.9. The number of hydrogen-bond acceptors (Lipinski definition) is 3. The number of halogens is 1. The molecule has 0 radical (unpaired) electrons. The highest BCUT2D eigenvalue weighted by molar-refractivity contribution is 14.0. The maximum Gasteiger partial charge on any atom is 0.191 e. The fraction of sp³-hybridized carbons (Fsp3) is 0.611. The molecule has 5 nitrogen and oxygen atoms in total. The lowest BCUT2D eigenvalue weighted by Crippen LogP contribution is -2.38. The van der Waals surface area contributed by atoms with Gasteiger partial charge in [-0.3, -0.25) is 4.99 Å². The summed E-state index contributed by atoms with van der Waals surface area (Å²) in [5, 5.41) is 6.67. The number of nitrogens with one attached hydrogen (secondary N) is 2. The van der Waals surface area contributed by atoms with Crippen LogP contribution in [0.4, 0.5) is 5.69 Å². The molecule has 1 unspecified atom stereocenters. The smallest absolute Gasteiger partial charge is 0.191 e. The third-order valence-corrected chi connectivity index (χ3v) is 4.10. The Bertz CT molecular complexity index is 510. The summed E-state index contributed by atoms with van der Waals surface area (Å²) in [6, 6.07) is 8.31. The summed E-state index contributed by atoms with van der Waals surface area (Å²) in [6.07, 6.45) is 2.30. The summed E-state index contributed by atoms with van der Waals surface area (Å²) in [5.41, 5.74) is 1.24. The van der Waals surface area contributed by atoms with Crippen LogP contribution < -0.4 is 20.3 Å². The molecule has 2 rings (SSSR count). The van der Waals surface area contributed by atoms with Crippen LogP contribution in [0.15, 0.2) is 29.3 Å². The highest BCUT2D eigenvalue weighted by Gasteiger charge is 2.22. The zero-order chi connectivity index (χ0) is 16.5. The molecule has 1 aliphatic rings. The van der Waals surface area contributed by atoms with E-state index in [9.17, 15) is 0 Å². The minimum Gasteiger partial charge on any atom is -0.497 e. The molecule has 1 aromatic carbocycles. The first-order valence-corrected chi connectivity index (χ1v) is 8.68. The molecule has 6 heteroatoms. The van der Waals surface area contributed by atoms with Crippen molar-refractivity contribution in [2.75, 3.05) is 44.7 Å². The molecular formula is C18H31IN4O. The van der Waals surface area contributed by atoms with E-state index in [4.69, 9.17) is 9.73 Å². The fourth-order valence-corrected chi connectivity index (χ4v) is 2.83. The first-order valence-electron chi connectivity index (χ1n) is 8.68. The first-order chi connectivity index (χ1) is 11.3. The molecule has 1 saturated heterocycles. The highest BCUT2D eigenvalue weighted by atomic mass is 127. The van der Waals surface area contributed by atoms with E-state index < -0.39 is 0 Å². The van der Waals surface area contributed by atoms with Gasteiger partial charge in [0.15, 0.2) is 5.96 Å². The number of ether oxygens (including phenoxy) is 1. The van der Waals surface area contributed by atoms with Gasteiger partial charge in [0.1, 0.15) is 5.75 Å². The van der Waals surface area contributed by atoms with Crippen molar-refractivity contribution in [1.29, 1.82) is 0 Å². The van der Waals surface area contributed by atoms with E-state index in [1.54, 1.807) is 7.11 Å². The predicted molar refractivity (Wildman–Crippen MR) is 113 cm³/mol. The highest BCUT2D eigenvalue weighted by Crippen LogP contribution is 2.26. The van der Waals surface area contributed by atoms with Crippen molar-refractivity contribution >= 4 is 35.6 Å². The van der Waals surface area contributed by atoms with Crippen LogP contribution in [0.5, 0.6) is 5.75 Å². The van der Waals surface area contributed by atoms with Gasteiger partial charge in [0, 0.05) is 44.5 Å². The Morgan fingerprint density at radius 2 is 2.17 bits per heavy atom. The fourth-order valence-electron chi connectivity index (χ4n) is 2.83. The van der Waals surface area contributed by atoms with Crippen LogP contribution in [-0.2, 0) is 0 Å². The molecule has 1 heterocycles. The van der Waals surface area contributed by atoms with Gasteiger partial charge in [-0.05, 0) is 37.8 Å². The third kappa shape index (κ3) is 6.37. The molecule has 1 fully saturated rings. The van der Waals surface area contributed by atoms with Crippen molar-refractivity contribution in [3.05, 3.63) is 24.3 Å². The lowest BCUT2D eigenvalue weighted by atomic mass is 10.1. The molecule has 1 aliphatic heterocycles. The van der Waals surface area contributed by atoms with E-state index in [0.717, 1.165) is 50.9 Å². The number of hydrogen-bond donors (Lipinski definition) is 2. The number of benzene rings is 1. The van der Waals surface area contributed by atoms with Crippen molar-refractivity contribution in [3.8, 4) is 5.75 Å². The number of nitrogens with zero attached hydrogens (tertiary/aromatic N) is 2. The second kappa shape index (κ2) is 11.4. The lowest BCUT2D eigenvalue weighted by Gasteiger charge is -2.19. The SMILES string of the molecule is CCCNC(=NCC1CCN(c2cccc(OC)c2)C1)NCC.I. The summed E-state index contributed by atoms with van der Waals surface area (Å²) in [7, 11) is 1.71. The van der Waals surface area contributed by atoms with Gasteiger partial charge in [-0.1, -0.05) is 13.0 Å². The number of aliphatic imine (C=N–C) groups is 1.